The summed E-state index contributed by atoms with van der Waals surface area (Å²) in [6.07, 6.45) is -4.84. The summed E-state index contributed by atoms with van der Waals surface area (Å²) in [4.78, 5) is 37.1. The van der Waals surface area contributed by atoms with E-state index >= 15 is 0 Å². The van der Waals surface area contributed by atoms with Gasteiger partial charge in [-0.1, -0.05) is 11.6 Å². The fourth-order valence-electron chi connectivity index (χ4n) is 2.91. The third kappa shape index (κ3) is 3.06. The van der Waals surface area contributed by atoms with Crippen molar-refractivity contribution in [2.45, 2.75) is 24.5 Å². The zero-order valence-electron chi connectivity index (χ0n) is 13.8. The van der Waals surface area contributed by atoms with Crippen LogP contribution in [0.4, 0.5) is 13.2 Å². The highest BCUT2D eigenvalue weighted by molar-refractivity contribution is 8.00. The molecular weight excluding hydrogens is 413 g/mol. The number of β-lactam (4-membered cyclic amide) rings is 1. The second kappa shape index (κ2) is 6.44. The van der Waals surface area contributed by atoms with Gasteiger partial charge in [0.25, 0.3) is 11.8 Å². The second-order valence-corrected chi connectivity index (χ2v) is 7.41. The maximum absolute atomic E-state index is 12.9. The highest BCUT2D eigenvalue weighted by atomic mass is 35.5. The van der Waals surface area contributed by atoms with Crippen LogP contribution in [0.1, 0.15) is 23.1 Å². The first kappa shape index (κ1) is 19.5. The molecule has 0 saturated carbocycles. The molecular formula is C14H12ClF3N4O4S. The fraction of sp³-hybridized carbons (Fsp3) is 0.429. The molecule has 1 fully saturated rings. The van der Waals surface area contributed by atoms with E-state index in [1.165, 1.54) is 11.8 Å². The number of rotatable bonds is 3. The smallest absolute Gasteiger partial charge is 0.436 e. The van der Waals surface area contributed by atoms with Gasteiger partial charge in [-0.3, -0.25) is 19.2 Å². The van der Waals surface area contributed by atoms with Crippen molar-refractivity contribution in [2.24, 2.45) is 7.05 Å². The van der Waals surface area contributed by atoms with Crippen LogP contribution in [0.3, 0.4) is 0 Å². The number of aryl methyl sites for hydroxylation is 1. The number of hydrogen-bond donors (Lipinski definition) is 2. The summed E-state index contributed by atoms with van der Waals surface area (Å²) in [6.45, 7) is 1.58. The van der Waals surface area contributed by atoms with Gasteiger partial charge >= 0.3 is 12.1 Å². The highest BCUT2D eigenvalue weighted by Crippen LogP contribution is 2.40. The number of hydrogen-bond acceptors (Lipinski definition) is 5. The summed E-state index contributed by atoms with van der Waals surface area (Å²) in [7, 11) is 1.12. The zero-order chi connectivity index (χ0) is 20.3. The first-order chi connectivity index (χ1) is 12.4. The normalized spacial score (nSPS) is 22.4. The quantitative estimate of drug-likeness (QED) is 0.712. The van der Waals surface area contributed by atoms with E-state index in [0.717, 1.165) is 11.9 Å². The lowest BCUT2D eigenvalue weighted by atomic mass is 10.0. The lowest BCUT2D eigenvalue weighted by Crippen LogP contribution is -2.70. The molecule has 8 nitrogen and oxygen atoms in total. The Bertz CT molecular complexity index is 898. The van der Waals surface area contributed by atoms with Crippen molar-refractivity contribution in [1.82, 2.24) is 20.0 Å². The van der Waals surface area contributed by atoms with Gasteiger partial charge in [-0.25, -0.2) is 4.79 Å². The van der Waals surface area contributed by atoms with Crippen LogP contribution in [-0.2, 0) is 22.8 Å². The third-order valence-corrected chi connectivity index (χ3v) is 5.90. The van der Waals surface area contributed by atoms with Gasteiger partial charge in [-0.2, -0.15) is 18.3 Å². The standard InChI is InChI=1S/C14H12ClF3N4O4S/c1-4-3-27-12-6(11(24)22(12)7(4)13(25)26)19-10(23)8-5(15)9(14(16,17)18)20-21(8)2/h6,12H,3H2,1-2H3,(H,19,23)(H,25,26)/t6-,12+/m1/s1. The number of carboxylic acid groups (broad SMARTS) is 1. The van der Waals surface area contributed by atoms with Crippen molar-refractivity contribution >= 4 is 41.1 Å². The van der Waals surface area contributed by atoms with Crippen LogP contribution in [0, 0.1) is 0 Å². The van der Waals surface area contributed by atoms with Crippen molar-refractivity contribution in [2.75, 3.05) is 5.75 Å². The number of aromatic nitrogens is 2. The number of halogens is 4. The summed E-state index contributed by atoms with van der Waals surface area (Å²) >= 11 is 6.90. The zero-order valence-corrected chi connectivity index (χ0v) is 15.4. The van der Waals surface area contributed by atoms with Gasteiger partial charge < -0.3 is 10.4 Å². The molecule has 0 unspecified atom stereocenters. The van der Waals surface area contributed by atoms with E-state index in [1.54, 1.807) is 6.92 Å². The van der Waals surface area contributed by atoms with Crippen molar-refractivity contribution in [3.63, 3.8) is 0 Å². The van der Waals surface area contributed by atoms with E-state index in [9.17, 15) is 32.7 Å². The van der Waals surface area contributed by atoms with E-state index < -0.39 is 51.8 Å². The molecule has 1 saturated heterocycles. The number of nitrogens with zero attached hydrogens (tertiary/aromatic N) is 3. The van der Waals surface area contributed by atoms with Crippen LogP contribution in [0.15, 0.2) is 11.3 Å². The summed E-state index contributed by atoms with van der Waals surface area (Å²) < 4.78 is 39.3. The largest absolute Gasteiger partial charge is 0.477 e. The summed E-state index contributed by atoms with van der Waals surface area (Å²) in [5.74, 6) is -2.59. The Kier molecular flexibility index (Phi) is 4.67. The van der Waals surface area contributed by atoms with E-state index in [2.05, 4.69) is 10.4 Å². The first-order valence-corrected chi connectivity index (χ1v) is 8.86. The van der Waals surface area contributed by atoms with Gasteiger partial charge in [-0.15, -0.1) is 11.8 Å². The maximum Gasteiger partial charge on any atom is 0.436 e. The molecule has 2 N–H and O–H groups in total. The molecule has 2 aliphatic heterocycles. The number of alkyl halides is 3. The second-order valence-electron chi connectivity index (χ2n) is 5.93. The average Bonchev–Trinajstić information content (AvgIpc) is 2.86. The Morgan fingerprint density at radius 3 is 2.56 bits per heavy atom. The number of thioether (sulfide) groups is 1. The Hall–Kier alpha value is -2.21. The third-order valence-electron chi connectivity index (χ3n) is 4.12. The minimum atomic E-state index is -4.84. The molecule has 0 aliphatic carbocycles. The summed E-state index contributed by atoms with van der Waals surface area (Å²) in [5, 5.41) is 13.3. The molecule has 2 amide bonds. The maximum atomic E-state index is 12.9. The average molecular weight is 425 g/mol. The Morgan fingerprint density at radius 2 is 2.04 bits per heavy atom. The molecule has 13 heteroatoms. The van der Waals surface area contributed by atoms with Gasteiger partial charge in [0, 0.05) is 12.8 Å². The molecule has 1 aromatic heterocycles. The highest BCUT2D eigenvalue weighted by Gasteiger charge is 2.54. The van der Waals surface area contributed by atoms with Crippen LogP contribution >= 0.6 is 23.4 Å². The van der Waals surface area contributed by atoms with Crippen molar-refractivity contribution < 1.29 is 32.7 Å². The van der Waals surface area contributed by atoms with Crippen molar-refractivity contribution in [3.8, 4) is 0 Å². The molecule has 1 aromatic rings. The number of fused-ring (bicyclic) bond motifs is 1. The van der Waals surface area contributed by atoms with Crippen LogP contribution in [0.5, 0.6) is 0 Å². The van der Waals surface area contributed by atoms with Crippen LogP contribution in [0.25, 0.3) is 0 Å². The Labute approximate surface area is 159 Å². The van der Waals surface area contributed by atoms with E-state index in [-0.39, 0.29) is 5.70 Å². The van der Waals surface area contributed by atoms with Crippen LogP contribution < -0.4 is 5.32 Å². The molecule has 27 heavy (non-hydrogen) atoms. The Balaban J connectivity index is 1.83. The predicted molar refractivity (Wildman–Crippen MR) is 87.9 cm³/mol. The molecule has 2 atom stereocenters. The van der Waals surface area contributed by atoms with Crippen molar-refractivity contribution in [1.29, 1.82) is 0 Å². The summed E-state index contributed by atoms with van der Waals surface area (Å²) in [5.41, 5.74) is -1.59. The minimum absolute atomic E-state index is 0.146. The van der Waals surface area contributed by atoms with Gasteiger partial charge in [-0.05, 0) is 12.5 Å². The molecule has 2 aliphatic rings. The number of nitrogens with one attached hydrogen (secondary N) is 1. The van der Waals surface area contributed by atoms with Gasteiger partial charge in [0.05, 0.1) is 0 Å². The molecule has 146 valence electrons. The molecule has 0 radical (unpaired) electrons. The molecule has 0 aromatic carbocycles. The SMILES string of the molecule is CC1=C(C(=O)O)N2C(=O)[C@@H](NC(=O)c3c(Cl)c(C(F)(F)F)nn3C)[C@@H]2SC1. The molecule has 3 heterocycles. The van der Waals surface area contributed by atoms with Crippen LogP contribution in [0.2, 0.25) is 5.02 Å². The van der Waals surface area contributed by atoms with E-state index in [1.807, 2.05) is 0 Å². The monoisotopic (exact) mass is 424 g/mol. The number of carbonyl (C=O) groups excluding carboxylic acids is 2. The first-order valence-electron chi connectivity index (χ1n) is 7.43. The number of carbonyl (C=O) groups is 3. The van der Waals surface area contributed by atoms with Gasteiger partial charge in [0.2, 0.25) is 0 Å². The summed E-state index contributed by atoms with van der Waals surface area (Å²) in [6, 6.07) is -1.08. The minimum Gasteiger partial charge on any atom is -0.477 e. The molecule has 3 rings (SSSR count). The van der Waals surface area contributed by atoms with Crippen LogP contribution in [-0.4, -0.2) is 54.7 Å². The lowest BCUT2D eigenvalue weighted by Gasteiger charge is -2.49. The van der Waals surface area contributed by atoms with Crippen molar-refractivity contribution in [3.05, 3.63) is 27.7 Å². The fourth-order valence-corrected chi connectivity index (χ4v) is 4.56. The molecule has 0 bridgehead atoms. The number of carboxylic acids is 1. The Morgan fingerprint density at radius 1 is 1.41 bits per heavy atom. The van der Waals surface area contributed by atoms with Gasteiger partial charge in [0.15, 0.2) is 5.69 Å². The topological polar surface area (TPSA) is 105 Å². The van der Waals surface area contributed by atoms with Gasteiger partial charge in [0.1, 0.15) is 27.8 Å². The number of amides is 2. The predicted octanol–water partition coefficient (Wildman–Crippen LogP) is 1.46. The number of aliphatic carboxylic acids is 1. The molecule has 0 spiro atoms. The van der Waals surface area contributed by atoms with E-state index in [0.29, 0.717) is 16.0 Å². The lowest BCUT2D eigenvalue weighted by molar-refractivity contribution is -0.148. The van der Waals surface area contributed by atoms with E-state index in [4.69, 9.17) is 11.6 Å².